The van der Waals surface area contributed by atoms with E-state index in [0.717, 1.165) is 18.9 Å². The lowest BCUT2D eigenvalue weighted by Gasteiger charge is -2.09. The molecule has 176 valence electrons. The van der Waals surface area contributed by atoms with Gasteiger partial charge in [-0.15, -0.1) is 0 Å². The molecule has 0 aliphatic heterocycles. The number of ether oxygens (including phenoxy) is 1. The maximum absolute atomic E-state index is 12.5. The number of nitrogens with zero attached hydrogens (tertiary/aromatic N) is 2. The average molecular weight is 452 g/mol. The van der Waals surface area contributed by atoms with E-state index in [-0.39, 0.29) is 16.9 Å². The van der Waals surface area contributed by atoms with Crippen molar-refractivity contribution in [3.05, 3.63) is 63.7 Å². The summed E-state index contributed by atoms with van der Waals surface area (Å²) >= 11 is 0. The molecule has 33 heavy (non-hydrogen) atoms. The Morgan fingerprint density at radius 2 is 1.58 bits per heavy atom. The summed E-state index contributed by atoms with van der Waals surface area (Å²) in [5.41, 5.74) is 0.243. The summed E-state index contributed by atoms with van der Waals surface area (Å²) in [6.45, 7) is 2.88. The standard InChI is InChI=1S/C26H33N3O4/c1-2-3-4-5-6-7-8-9-10-11-18-33-23-15-13-22(14-16-23)26(30)28-24-17-12-21(20-27)19-25(24)29(31)32/h12-17,19H,2-11,18H2,1H3,(H,28,30). The minimum absolute atomic E-state index is 0.0466. The molecule has 0 heterocycles. The predicted molar refractivity (Wildman–Crippen MR) is 130 cm³/mol. The molecule has 0 aliphatic rings. The second kappa shape index (κ2) is 14.6. The second-order valence-electron chi connectivity index (χ2n) is 8.11. The molecule has 7 heteroatoms. The van der Waals surface area contributed by atoms with E-state index in [1.807, 2.05) is 6.07 Å². The quantitative estimate of drug-likeness (QED) is 0.178. The number of unbranched alkanes of at least 4 members (excludes halogenated alkanes) is 9. The Morgan fingerprint density at radius 1 is 0.970 bits per heavy atom. The number of amides is 1. The summed E-state index contributed by atoms with van der Waals surface area (Å²) in [6, 6.07) is 12.5. The van der Waals surface area contributed by atoms with E-state index < -0.39 is 10.8 Å². The third-order valence-corrected chi connectivity index (χ3v) is 5.45. The highest BCUT2D eigenvalue weighted by Gasteiger charge is 2.17. The highest BCUT2D eigenvalue weighted by atomic mass is 16.6. The van der Waals surface area contributed by atoms with Crippen LogP contribution in [0.1, 0.15) is 87.1 Å². The number of benzene rings is 2. The molecular formula is C26H33N3O4. The number of hydrogen-bond acceptors (Lipinski definition) is 5. The van der Waals surface area contributed by atoms with Crippen molar-refractivity contribution in [2.45, 2.75) is 71.1 Å². The van der Waals surface area contributed by atoms with Crippen LogP contribution >= 0.6 is 0 Å². The molecule has 2 rings (SSSR count). The van der Waals surface area contributed by atoms with E-state index in [1.165, 1.54) is 63.5 Å². The molecular weight excluding hydrogens is 418 g/mol. The summed E-state index contributed by atoms with van der Waals surface area (Å²) in [5, 5.41) is 22.7. The van der Waals surface area contributed by atoms with Gasteiger partial charge in [-0.3, -0.25) is 14.9 Å². The van der Waals surface area contributed by atoms with Gasteiger partial charge in [-0.25, -0.2) is 0 Å². The van der Waals surface area contributed by atoms with Crippen LogP contribution in [0.3, 0.4) is 0 Å². The minimum Gasteiger partial charge on any atom is -0.494 e. The van der Waals surface area contributed by atoms with Crippen molar-refractivity contribution in [3.63, 3.8) is 0 Å². The van der Waals surface area contributed by atoms with Gasteiger partial charge in [0.15, 0.2) is 0 Å². The van der Waals surface area contributed by atoms with Crippen LogP contribution in [0.25, 0.3) is 0 Å². The Kier molecular flexibility index (Phi) is 11.5. The SMILES string of the molecule is CCCCCCCCCCCCOc1ccc(C(=O)Nc2ccc(C#N)cc2[N+](=O)[O-])cc1. The van der Waals surface area contributed by atoms with E-state index in [1.54, 1.807) is 24.3 Å². The smallest absolute Gasteiger partial charge is 0.294 e. The van der Waals surface area contributed by atoms with Crippen molar-refractivity contribution >= 4 is 17.3 Å². The predicted octanol–water partition coefficient (Wildman–Crippen LogP) is 7.02. The van der Waals surface area contributed by atoms with Crippen LogP contribution in [0.5, 0.6) is 5.75 Å². The number of nitrogens with one attached hydrogen (secondary N) is 1. The zero-order valence-corrected chi connectivity index (χ0v) is 19.3. The molecule has 7 nitrogen and oxygen atoms in total. The summed E-state index contributed by atoms with van der Waals surface area (Å²) in [6.07, 6.45) is 12.7. The molecule has 0 saturated heterocycles. The summed E-state index contributed by atoms with van der Waals surface area (Å²) in [5.74, 6) is 0.218. The average Bonchev–Trinajstić information content (AvgIpc) is 2.83. The topological polar surface area (TPSA) is 105 Å². The maximum Gasteiger partial charge on any atom is 0.294 e. The van der Waals surface area contributed by atoms with Crippen LogP contribution in [0.2, 0.25) is 0 Å². The van der Waals surface area contributed by atoms with Crippen LogP contribution in [0.4, 0.5) is 11.4 Å². The molecule has 0 aliphatic carbocycles. The first-order chi connectivity index (χ1) is 16.0. The molecule has 0 spiro atoms. The number of anilines is 1. The van der Waals surface area contributed by atoms with Gasteiger partial charge in [-0.1, -0.05) is 64.7 Å². The van der Waals surface area contributed by atoms with E-state index in [0.29, 0.717) is 17.9 Å². The molecule has 0 aromatic heterocycles. The normalized spacial score (nSPS) is 10.4. The zero-order valence-electron chi connectivity index (χ0n) is 19.3. The van der Waals surface area contributed by atoms with Crippen molar-refractivity contribution in [1.29, 1.82) is 5.26 Å². The lowest BCUT2D eigenvalue weighted by Crippen LogP contribution is -2.13. The highest BCUT2D eigenvalue weighted by Crippen LogP contribution is 2.26. The number of hydrogen-bond donors (Lipinski definition) is 1. The van der Waals surface area contributed by atoms with Crippen LogP contribution in [-0.2, 0) is 0 Å². The van der Waals surface area contributed by atoms with Crippen LogP contribution in [0, 0.1) is 21.4 Å². The fourth-order valence-electron chi connectivity index (χ4n) is 3.53. The van der Waals surface area contributed by atoms with Gasteiger partial charge in [0.2, 0.25) is 0 Å². The molecule has 0 radical (unpaired) electrons. The minimum atomic E-state index is -0.624. The number of nitro benzene ring substituents is 1. The first kappa shape index (κ1) is 25.9. The van der Waals surface area contributed by atoms with Gasteiger partial charge in [0.1, 0.15) is 11.4 Å². The van der Waals surface area contributed by atoms with Crippen molar-refractivity contribution in [2.75, 3.05) is 11.9 Å². The van der Waals surface area contributed by atoms with Crippen LogP contribution in [-0.4, -0.2) is 17.4 Å². The van der Waals surface area contributed by atoms with E-state index >= 15 is 0 Å². The molecule has 0 atom stereocenters. The fourth-order valence-corrected chi connectivity index (χ4v) is 3.53. The third kappa shape index (κ3) is 9.32. The molecule has 0 saturated carbocycles. The molecule has 0 unspecified atom stereocenters. The lowest BCUT2D eigenvalue weighted by molar-refractivity contribution is -0.383. The van der Waals surface area contributed by atoms with Crippen molar-refractivity contribution in [1.82, 2.24) is 0 Å². The van der Waals surface area contributed by atoms with Gasteiger partial charge in [0.25, 0.3) is 11.6 Å². The second-order valence-corrected chi connectivity index (χ2v) is 8.11. The largest absolute Gasteiger partial charge is 0.494 e. The van der Waals surface area contributed by atoms with Gasteiger partial charge in [-0.2, -0.15) is 5.26 Å². The molecule has 1 amide bonds. The van der Waals surface area contributed by atoms with Crippen molar-refractivity contribution in [3.8, 4) is 11.8 Å². The number of nitro groups is 1. The molecule has 0 fully saturated rings. The van der Waals surface area contributed by atoms with Crippen molar-refractivity contribution < 1.29 is 14.5 Å². The van der Waals surface area contributed by atoms with E-state index in [2.05, 4.69) is 12.2 Å². The van der Waals surface area contributed by atoms with E-state index in [4.69, 9.17) is 10.00 Å². The molecule has 2 aromatic carbocycles. The third-order valence-electron chi connectivity index (χ3n) is 5.45. The van der Waals surface area contributed by atoms with Crippen LogP contribution in [0.15, 0.2) is 42.5 Å². The molecule has 1 N–H and O–H groups in total. The maximum atomic E-state index is 12.5. The number of carbonyl (C=O) groups is 1. The summed E-state index contributed by atoms with van der Waals surface area (Å²) in [7, 11) is 0. The molecule has 0 bridgehead atoms. The monoisotopic (exact) mass is 451 g/mol. The fraction of sp³-hybridized carbons (Fsp3) is 0.462. The van der Waals surface area contributed by atoms with E-state index in [9.17, 15) is 14.9 Å². The van der Waals surface area contributed by atoms with Gasteiger partial charge >= 0.3 is 0 Å². The summed E-state index contributed by atoms with van der Waals surface area (Å²) in [4.78, 5) is 23.1. The van der Waals surface area contributed by atoms with Gasteiger partial charge < -0.3 is 10.1 Å². The zero-order chi connectivity index (χ0) is 23.9. The highest BCUT2D eigenvalue weighted by molar-refractivity contribution is 6.05. The Balaban J connectivity index is 1.71. The molecule has 2 aromatic rings. The summed E-state index contributed by atoms with van der Waals surface area (Å²) < 4.78 is 5.76. The Morgan fingerprint density at radius 3 is 2.15 bits per heavy atom. The van der Waals surface area contributed by atoms with Gasteiger partial charge in [0, 0.05) is 11.6 Å². The van der Waals surface area contributed by atoms with Gasteiger partial charge in [0.05, 0.1) is 23.2 Å². The first-order valence-corrected chi connectivity index (χ1v) is 11.8. The first-order valence-electron chi connectivity index (χ1n) is 11.8. The Hall–Kier alpha value is -3.40. The number of carbonyl (C=O) groups excluding carboxylic acids is 1. The Bertz CT molecular complexity index is 936. The number of nitriles is 1. The van der Waals surface area contributed by atoms with Crippen LogP contribution < -0.4 is 10.1 Å². The van der Waals surface area contributed by atoms with Crippen molar-refractivity contribution in [2.24, 2.45) is 0 Å². The number of rotatable bonds is 15. The lowest BCUT2D eigenvalue weighted by atomic mass is 10.1. The van der Waals surface area contributed by atoms with Gasteiger partial charge in [-0.05, 0) is 42.8 Å². The Labute approximate surface area is 195 Å².